The summed E-state index contributed by atoms with van der Waals surface area (Å²) in [6, 6.07) is 10.7. The van der Waals surface area contributed by atoms with Gasteiger partial charge in [0.05, 0.1) is 5.56 Å². The topological polar surface area (TPSA) is 66.8 Å². The lowest BCUT2D eigenvalue weighted by atomic mass is 10.1. The lowest BCUT2D eigenvalue weighted by Crippen LogP contribution is -2.04. The van der Waals surface area contributed by atoms with E-state index in [0.717, 1.165) is 11.6 Å². The number of rotatable bonds is 6. The van der Waals surface area contributed by atoms with Gasteiger partial charge in [-0.05, 0) is 36.2 Å². The van der Waals surface area contributed by atoms with Crippen molar-refractivity contribution in [2.75, 3.05) is 6.61 Å². The third-order valence-corrected chi connectivity index (χ3v) is 3.03. The van der Waals surface area contributed by atoms with Crippen molar-refractivity contribution in [1.82, 2.24) is 0 Å². The molecule has 21 heavy (non-hydrogen) atoms. The molecule has 0 unspecified atom stereocenters. The van der Waals surface area contributed by atoms with Crippen LogP contribution in [-0.2, 0) is 13.0 Å². The molecule has 0 fully saturated rings. The van der Waals surface area contributed by atoms with Crippen molar-refractivity contribution >= 4 is 5.97 Å². The van der Waals surface area contributed by atoms with E-state index in [2.05, 4.69) is 0 Å². The first-order chi connectivity index (χ1) is 10.1. The third kappa shape index (κ3) is 3.79. The van der Waals surface area contributed by atoms with Crippen LogP contribution in [0, 0.1) is 5.82 Å². The van der Waals surface area contributed by atoms with Gasteiger partial charge < -0.3 is 14.9 Å². The van der Waals surface area contributed by atoms with E-state index in [1.807, 2.05) is 12.1 Å². The maximum atomic E-state index is 13.7. The highest BCUT2D eigenvalue weighted by molar-refractivity contribution is 5.87. The fraction of sp³-hybridized carbons (Fsp3) is 0.188. The standard InChI is InChI=1S/C16H15FO4/c17-14-6-5-12(16(19)20)9-13(14)10-21-15-4-2-1-3-11(15)7-8-18/h1-6,9,18H,7-8,10H2,(H,19,20). The van der Waals surface area contributed by atoms with Crippen LogP contribution in [0.5, 0.6) is 5.75 Å². The second-order valence-electron chi connectivity index (χ2n) is 4.48. The van der Waals surface area contributed by atoms with Gasteiger partial charge in [0.25, 0.3) is 0 Å². The minimum atomic E-state index is -1.11. The molecule has 0 amide bonds. The van der Waals surface area contributed by atoms with Gasteiger partial charge >= 0.3 is 5.97 Å². The van der Waals surface area contributed by atoms with Crippen molar-refractivity contribution in [2.24, 2.45) is 0 Å². The number of aromatic carboxylic acids is 1. The predicted octanol–water partition coefficient (Wildman–Crippen LogP) is 2.64. The summed E-state index contributed by atoms with van der Waals surface area (Å²) in [6.45, 7) is -0.0847. The van der Waals surface area contributed by atoms with Crippen LogP contribution < -0.4 is 4.74 Å². The fourth-order valence-electron chi connectivity index (χ4n) is 1.95. The number of aliphatic hydroxyl groups is 1. The van der Waals surface area contributed by atoms with E-state index in [0.29, 0.717) is 12.2 Å². The molecule has 0 atom stereocenters. The van der Waals surface area contributed by atoms with E-state index in [1.54, 1.807) is 12.1 Å². The van der Waals surface area contributed by atoms with Crippen molar-refractivity contribution in [3.05, 3.63) is 65.0 Å². The number of para-hydroxylation sites is 1. The molecule has 0 radical (unpaired) electrons. The molecule has 0 saturated carbocycles. The summed E-state index contributed by atoms with van der Waals surface area (Å²) in [7, 11) is 0. The van der Waals surface area contributed by atoms with Gasteiger partial charge in [-0.25, -0.2) is 9.18 Å². The number of hydrogen-bond acceptors (Lipinski definition) is 3. The molecule has 0 bridgehead atoms. The fourth-order valence-corrected chi connectivity index (χ4v) is 1.95. The Morgan fingerprint density at radius 3 is 2.62 bits per heavy atom. The monoisotopic (exact) mass is 290 g/mol. The second kappa shape index (κ2) is 6.85. The Kier molecular flexibility index (Phi) is 4.90. The average Bonchev–Trinajstić information content (AvgIpc) is 2.48. The molecule has 0 heterocycles. The number of hydrogen-bond donors (Lipinski definition) is 2. The molecule has 0 aliphatic rings. The minimum absolute atomic E-state index is 0.0107. The van der Waals surface area contributed by atoms with Gasteiger partial charge in [0.15, 0.2) is 0 Å². The molecule has 0 aliphatic heterocycles. The van der Waals surface area contributed by atoms with E-state index in [9.17, 15) is 9.18 Å². The average molecular weight is 290 g/mol. The van der Waals surface area contributed by atoms with Crippen molar-refractivity contribution in [2.45, 2.75) is 13.0 Å². The largest absolute Gasteiger partial charge is 0.489 e. The van der Waals surface area contributed by atoms with Crippen molar-refractivity contribution < 1.29 is 24.1 Å². The smallest absolute Gasteiger partial charge is 0.335 e. The van der Waals surface area contributed by atoms with Crippen LogP contribution in [0.15, 0.2) is 42.5 Å². The molecular weight excluding hydrogens is 275 g/mol. The number of ether oxygens (including phenoxy) is 1. The van der Waals surface area contributed by atoms with E-state index in [4.69, 9.17) is 14.9 Å². The summed E-state index contributed by atoms with van der Waals surface area (Å²) in [4.78, 5) is 10.9. The molecule has 2 aromatic carbocycles. The van der Waals surface area contributed by atoms with Gasteiger partial charge in [-0.2, -0.15) is 0 Å². The second-order valence-corrected chi connectivity index (χ2v) is 4.48. The maximum absolute atomic E-state index is 13.7. The van der Waals surface area contributed by atoms with E-state index >= 15 is 0 Å². The number of halogens is 1. The first kappa shape index (κ1) is 15.0. The Balaban J connectivity index is 2.16. The number of carboxylic acid groups (broad SMARTS) is 1. The van der Waals surface area contributed by atoms with Crippen LogP contribution in [0.1, 0.15) is 21.5 Å². The van der Waals surface area contributed by atoms with Gasteiger partial charge in [-0.3, -0.25) is 0 Å². The first-order valence-corrected chi connectivity index (χ1v) is 6.45. The molecule has 2 N–H and O–H groups in total. The molecular formula is C16H15FO4. The summed E-state index contributed by atoms with van der Waals surface area (Å²) in [5.41, 5.74) is 1.00. The van der Waals surface area contributed by atoms with Gasteiger partial charge in [0, 0.05) is 12.2 Å². The van der Waals surface area contributed by atoms with Gasteiger partial charge in [-0.15, -0.1) is 0 Å². The highest BCUT2D eigenvalue weighted by Crippen LogP contribution is 2.21. The molecule has 0 aromatic heterocycles. The van der Waals surface area contributed by atoms with E-state index < -0.39 is 11.8 Å². The lowest BCUT2D eigenvalue weighted by molar-refractivity contribution is 0.0696. The molecule has 0 spiro atoms. The molecule has 5 heteroatoms. The normalized spacial score (nSPS) is 10.4. The van der Waals surface area contributed by atoms with E-state index in [-0.39, 0.29) is 24.3 Å². The maximum Gasteiger partial charge on any atom is 0.335 e. The SMILES string of the molecule is O=C(O)c1ccc(F)c(COc2ccccc2CCO)c1. The van der Waals surface area contributed by atoms with Crippen LogP contribution >= 0.6 is 0 Å². The van der Waals surface area contributed by atoms with Crippen LogP contribution in [0.4, 0.5) is 4.39 Å². The van der Waals surface area contributed by atoms with Crippen LogP contribution in [0.3, 0.4) is 0 Å². The Labute approximate surface area is 121 Å². The van der Waals surface area contributed by atoms with Crippen LogP contribution in [-0.4, -0.2) is 22.8 Å². The zero-order valence-corrected chi connectivity index (χ0v) is 11.3. The zero-order chi connectivity index (χ0) is 15.2. The summed E-state index contributed by atoms with van der Waals surface area (Å²) < 4.78 is 19.2. The Morgan fingerprint density at radius 2 is 1.90 bits per heavy atom. The predicted molar refractivity (Wildman–Crippen MR) is 74.9 cm³/mol. The highest BCUT2D eigenvalue weighted by atomic mass is 19.1. The van der Waals surface area contributed by atoms with Crippen molar-refractivity contribution in [3.63, 3.8) is 0 Å². The first-order valence-electron chi connectivity index (χ1n) is 6.45. The lowest BCUT2D eigenvalue weighted by Gasteiger charge is -2.11. The van der Waals surface area contributed by atoms with Gasteiger partial charge in [-0.1, -0.05) is 18.2 Å². The molecule has 2 aromatic rings. The van der Waals surface area contributed by atoms with Crippen molar-refractivity contribution in [1.29, 1.82) is 0 Å². The summed E-state index contributed by atoms with van der Waals surface area (Å²) >= 11 is 0. The molecule has 0 aliphatic carbocycles. The van der Waals surface area contributed by atoms with Crippen LogP contribution in [0.25, 0.3) is 0 Å². The van der Waals surface area contributed by atoms with Crippen LogP contribution in [0.2, 0.25) is 0 Å². The molecule has 2 rings (SSSR count). The zero-order valence-electron chi connectivity index (χ0n) is 11.3. The number of benzene rings is 2. The Bertz CT molecular complexity index is 640. The minimum Gasteiger partial charge on any atom is -0.489 e. The van der Waals surface area contributed by atoms with E-state index in [1.165, 1.54) is 12.1 Å². The summed E-state index contributed by atoms with van der Waals surface area (Å²) in [6.07, 6.45) is 0.438. The molecule has 4 nitrogen and oxygen atoms in total. The number of carboxylic acids is 1. The highest BCUT2D eigenvalue weighted by Gasteiger charge is 2.10. The summed E-state index contributed by atoms with van der Waals surface area (Å²) in [5, 5.41) is 17.9. The Morgan fingerprint density at radius 1 is 1.14 bits per heavy atom. The number of aliphatic hydroxyl groups excluding tert-OH is 1. The van der Waals surface area contributed by atoms with Gasteiger partial charge in [0.2, 0.25) is 0 Å². The Hall–Kier alpha value is -2.40. The summed E-state index contributed by atoms with van der Waals surface area (Å²) in [5.74, 6) is -1.08. The molecule has 110 valence electrons. The van der Waals surface area contributed by atoms with Gasteiger partial charge in [0.1, 0.15) is 18.2 Å². The molecule has 0 saturated heterocycles. The quantitative estimate of drug-likeness (QED) is 0.858. The van der Waals surface area contributed by atoms with Crippen molar-refractivity contribution in [3.8, 4) is 5.75 Å². The number of carbonyl (C=O) groups is 1. The third-order valence-electron chi connectivity index (χ3n) is 3.03.